The van der Waals surface area contributed by atoms with Crippen molar-refractivity contribution in [2.75, 3.05) is 0 Å². The number of carbonyl (C=O) groups excluding carboxylic acids is 1. The molecule has 1 amide bonds. The average Bonchev–Trinajstić information content (AvgIpc) is 2.88. The van der Waals surface area contributed by atoms with Crippen LogP contribution >= 0.6 is 0 Å². The summed E-state index contributed by atoms with van der Waals surface area (Å²) in [7, 11) is 0. The third-order valence-corrected chi connectivity index (χ3v) is 3.21. The third-order valence-electron chi connectivity index (χ3n) is 3.21. The van der Waals surface area contributed by atoms with Crippen molar-refractivity contribution in [1.29, 1.82) is 5.26 Å². The SMILES string of the molecule is CC(C)(C#N)c1ccc(Cn2cnc(C(N)=O)c2)cc1. The molecule has 20 heavy (non-hydrogen) atoms. The number of nitrogens with zero attached hydrogens (tertiary/aromatic N) is 3. The molecule has 0 unspecified atom stereocenters. The summed E-state index contributed by atoms with van der Waals surface area (Å²) in [5.41, 5.74) is 6.97. The molecule has 0 aliphatic heterocycles. The molecular formula is C15H16N4O. The van der Waals surface area contributed by atoms with Gasteiger partial charge in [0.1, 0.15) is 5.69 Å². The van der Waals surface area contributed by atoms with Crippen LogP contribution in [0.4, 0.5) is 0 Å². The zero-order valence-corrected chi connectivity index (χ0v) is 11.5. The van der Waals surface area contributed by atoms with Crippen LogP contribution in [-0.4, -0.2) is 15.5 Å². The van der Waals surface area contributed by atoms with Crippen molar-refractivity contribution in [3.8, 4) is 6.07 Å². The number of amides is 1. The standard InChI is InChI=1S/C15H16N4O/c1-15(2,9-16)12-5-3-11(4-6-12)7-19-8-13(14(17)20)18-10-19/h3-6,8,10H,7H2,1-2H3,(H2,17,20). The summed E-state index contributed by atoms with van der Waals surface area (Å²) < 4.78 is 1.80. The summed E-state index contributed by atoms with van der Waals surface area (Å²) in [6.07, 6.45) is 3.20. The van der Waals surface area contributed by atoms with Gasteiger partial charge in [0.2, 0.25) is 0 Å². The number of hydrogen-bond donors (Lipinski definition) is 1. The zero-order valence-electron chi connectivity index (χ0n) is 11.5. The Balaban J connectivity index is 2.15. The molecule has 2 N–H and O–H groups in total. The molecule has 0 fully saturated rings. The van der Waals surface area contributed by atoms with Crippen LogP contribution in [0.3, 0.4) is 0 Å². The zero-order chi connectivity index (χ0) is 14.8. The maximum Gasteiger partial charge on any atom is 0.268 e. The van der Waals surface area contributed by atoms with Crippen LogP contribution in [0.5, 0.6) is 0 Å². The maximum absolute atomic E-state index is 11.0. The summed E-state index contributed by atoms with van der Waals surface area (Å²) in [5, 5.41) is 9.10. The predicted octanol–water partition coefficient (Wildman–Crippen LogP) is 1.83. The lowest BCUT2D eigenvalue weighted by molar-refractivity contribution is 0.0996. The van der Waals surface area contributed by atoms with Crippen molar-refractivity contribution in [3.05, 3.63) is 53.6 Å². The average molecular weight is 268 g/mol. The minimum absolute atomic E-state index is 0.257. The van der Waals surface area contributed by atoms with E-state index in [9.17, 15) is 4.79 Å². The Morgan fingerprint density at radius 2 is 2.05 bits per heavy atom. The van der Waals surface area contributed by atoms with Gasteiger partial charge in [-0.25, -0.2) is 4.98 Å². The van der Waals surface area contributed by atoms with E-state index in [-0.39, 0.29) is 5.69 Å². The Morgan fingerprint density at radius 3 is 2.55 bits per heavy atom. The van der Waals surface area contributed by atoms with E-state index >= 15 is 0 Å². The van der Waals surface area contributed by atoms with Crippen LogP contribution < -0.4 is 5.73 Å². The Bertz CT molecular complexity index is 662. The second-order valence-electron chi connectivity index (χ2n) is 5.23. The van der Waals surface area contributed by atoms with Gasteiger partial charge in [-0.1, -0.05) is 24.3 Å². The lowest BCUT2D eigenvalue weighted by Gasteiger charge is -2.16. The molecule has 5 nitrogen and oxygen atoms in total. The first-order valence-electron chi connectivity index (χ1n) is 6.24. The first kappa shape index (κ1) is 13.8. The van der Waals surface area contributed by atoms with Gasteiger partial charge in [-0.3, -0.25) is 4.79 Å². The summed E-state index contributed by atoms with van der Waals surface area (Å²) in [6, 6.07) is 10.1. The first-order chi connectivity index (χ1) is 9.42. The third kappa shape index (κ3) is 2.86. The molecule has 0 spiro atoms. The molecule has 102 valence electrons. The Morgan fingerprint density at radius 1 is 1.40 bits per heavy atom. The number of rotatable bonds is 4. The predicted molar refractivity (Wildman–Crippen MR) is 74.9 cm³/mol. The monoisotopic (exact) mass is 268 g/mol. The Kier molecular flexibility index (Phi) is 3.57. The topological polar surface area (TPSA) is 84.7 Å². The molecule has 5 heteroatoms. The number of hydrogen-bond acceptors (Lipinski definition) is 3. The molecule has 2 rings (SSSR count). The largest absolute Gasteiger partial charge is 0.364 e. The van der Waals surface area contributed by atoms with E-state index in [2.05, 4.69) is 11.1 Å². The highest BCUT2D eigenvalue weighted by molar-refractivity contribution is 5.90. The van der Waals surface area contributed by atoms with E-state index < -0.39 is 11.3 Å². The van der Waals surface area contributed by atoms with Gasteiger partial charge in [-0.15, -0.1) is 0 Å². The quantitative estimate of drug-likeness (QED) is 0.918. The fourth-order valence-electron chi connectivity index (χ4n) is 1.88. The second-order valence-corrected chi connectivity index (χ2v) is 5.23. The summed E-state index contributed by atoms with van der Waals surface area (Å²) >= 11 is 0. The molecule has 1 heterocycles. The van der Waals surface area contributed by atoms with Gasteiger partial charge in [0, 0.05) is 12.7 Å². The fourth-order valence-corrected chi connectivity index (χ4v) is 1.88. The molecule has 0 atom stereocenters. The van der Waals surface area contributed by atoms with Gasteiger partial charge >= 0.3 is 0 Å². The van der Waals surface area contributed by atoms with E-state index in [0.717, 1.165) is 11.1 Å². The van der Waals surface area contributed by atoms with Gasteiger partial charge in [-0.05, 0) is 25.0 Å². The maximum atomic E-state index is 11.0. The van der Waals surface area contributed by atoms with Crippen LogP contribution in [-0.2, 0) is 12.0 Å². The minimum atomic E-state index is -0.533. The number of nitrogens with two attached hydrogens (primary N) is 1. The van der Waals surface area contributed by atoms with E-state index in [1.165, 1.54) is 0 Å². The summed E-state index contributed by atoms with van der Waals surface area (Å²) in [6.45, 7) is 4.38. The first-order valence-corrected chi connectivity index (χ1v) is 6.24. The van der Waals surface area contributed by atoms with Crippen molar-refractivity contribution in [2.24, 2.45) is 5.73 Å². The van der Waals surface area contributed by atoms with E-state index in [0.29, 0.717) is 6.54 Å². The van der Waals surface area contributed by atoms with Crippen LogP contribution in [0.1, 0.15) is 35.5 Å². The molecule has 1 aromatic carbocycles. The molecule has 2 aromatic rings. The van der Waals surface area contributed by atoms with Crippen molar-refractivity contribution in [1.82, 2.24) is 9.55 Å². The van der Waals surface area contributed by atoms with Crippen LogP contribution in [0.15, 0.2) is 36.8 Å². The smallest absolute Gasteiger partial charge is 0.268 e. The second kappa shape index (κ2) is 5.17. The number of nitriles is 1. The van der Waals surface area contributed by atoms with Crippen LogP contribution in [0.25, 0.3) is 0 Å². The van der Waals surface area contributed by atoms with Crippen molar-refractivity contribution < 1.29 is 4.79 Å². The van der Waals surface area contributed by atoms with Crippen molar-refractivity contribution in [2.45, 2.75) is 25.8 Å². The van der Waals surface area contributed by atoms with E-state index in [4.69, 9.17) is 11.0 Å². The molecular weight excluding hydrogens is 252 g/mol. The normalized spacial score (nSPS) is 11.1. The van der Waals surface area contributed by atoms with Crippen LogP contribution in [0.2, 0.25) is 0 Å². The van der Waals surface area contributed by atoms with Crippen molar-refractivity contribution in [3.63, 3.8) is 0 Å². The highest BCUT2D eigenvalue weighted by atomic mass is 16.1. The number of aromatic nitrogens is 2. The van der Waals surface area contributed by atoms with Gasteiger partial charge in [0.25, 0.3) is 5.91 Å². The number of imidazole rings is 1. The lowest BCUT2D eigenvalue weighted by atomic mass is 9.86. The molecule has 0 saturated carbocycles. The van der Waals surface area contributed by atoms with Gasteiger partial charge in [0.15, 0.2) is 0 Å². The lowest BCUT2D eigenvalue weighted by Crippen LogP contribution is -2.13. The summed E-state index contributed by atoms with van der Waals surface area (Å²) in [4.78, 5) is 14.9. The fraction of sp³-hybridized carbons (Fsp3) is 0.267. The highest BCUT2D eigenvalue weighted by Gasteiger charge is 2.19. The Hall–Kier alpha value is -2.61. The number of carbonyl (C=O) groups is 1. The van der Waals surface area contributed by atoms with Crippen molar-refractivity contribution >= 4 is 5.91 Å². The van der Waals surface area contributed by atoms with Crippen LogP contribution in [0, 0.1) is 11.3 Å². The van der Waals surface area contributed by atoms with E-state index in [1.54, 1.807) is 17.1 Å². The van der Waals surface area contributed by atoms with Gasteiger partial charge in [-0.2, -0.15) is 5.26 Å². The molecule has 0 radical (unpaired) electrons. The summed E-state index contributed by atoms with van der Waals surface area (Å²) in [5.74, 6) is -0.533. The van der Waals surface area contributed by atoms with E-state index in [1.807, 2.05) is 38.1 Å². The number of primary amides is 1. The minimum Gasteiger partial charge on any atom is -0.364 e. The molecule has 0 aliphatic rings. The molecule has 1 aromatic heterocycles. The van der Waals surface area contributed by atoms with Gasteiger partial charge in [0.05, 0.1) is 17.8 Å². The Labute approximate surface area is 117 Å². The number of benzene rings is 1. The molecule has 0 aliphatic carbocycles. The highest BCUT2D eigenvalue weighted by Crippen LogP contribution is 2.22. The molecule has 0 bridgehead atoms. The molecule has 0 saturated heterocycles. The van der Waals surface area contributed by atoms with Gasteiger partial charge < -0.3 is 10.3 Å².